The fraction of sp³-hybridized carbons (Fsp3) is 0.600. The van der Waals surface area contributed by atoms with Gasteiger partial charge in [-0.25, -0.2) is 13.1 Å². The van der Waals surface area contributed by atoms with Crippen molar-refractivity contribution in [3.63, 3.8) is 0 Å². The van der Waals surface area contributed by atoms with Crippen LogP contribution in [0.4, 0.5) is 0 Å². The lowest BCUT2D eigenvalue weighted by Gasteiger charge is -2.28. The minimum Gasteiger partial charge on any atom is -0.392 e. The Morgan fingerprint density at radius 2 is 2.05 bits per heavy atom. The van der Waals surface area contributed by atoms with Crippen molar-refractivity contribution in [2.45, 2.75) is 44.2 Å². The average molecular weight is 313 g/mol. The van der Waals surface area contributed by atoms with Crippen molar-refractivity contribution in [1.82, 2.24) is 4.72 Å². The molecule has 0 spiro atoms. The Bertz CT molecular complexity index is 579. The molecule has 0 aromatic heterocycles. The summed E-state index contributed by atoms with van der Waals surface area (Å²) < 4.78 is 33.2. The number of aliphatic hydroxyl groups excluding tert-OH is 1. The Morgan fingerprint density at radius 1 is 1.38 bits per heavy atom. The molecule has 0 aliphatic carbocycles. The number of aryl methyl sites for hydroxylation is 1. The maximum absolute atomic E-state index is 12.6. The van der Waals surface area contributed by atoms with E-state index in [-0.39, 0.29) is 17.5 Å². The Balaban J connectivity index is 2.17. The summed E-state index contributed by atoms with van der Waals surface area (Å²) in [5.74, 6) is 0.301. The number of rotatable bonds is 5. The molecular weight excluding hydrogens is 290 g/mol. The number of sulfonamides is 1. The first-order valence-electron chi connectivity index (χ1n) is 7.24. The largest absolute Gasteiger partial charge is 0.392 e. The van der Waals surface area contributed by atoms with E-state index in [1.54, 1.807) is 19.1 Å². The molecule has 6 heteroatoms. The number of aliphatic hydroxyl groups is 1. The van der Waals surface area contributed by atoms with Crippen molar-refractivity contribution in [3.8, 4) is 0 Å². The lowest BCUT2D eigenvalue weighted by atomic mass is 9.94. The number of nitrogens with one attached hydrogen (secondary N) is 1. The molecule has 0 radical (unpaired) electrons. The molecule has 1 aliphatic rings. The van der Waals surface area contributed by atoms with E-state index in [1.165, 1.54) is 6.07 Å². The second kappa shape index (κ2) is 6.87. The quantitative estimate of drug-likeness (QED) is 0.865. The van der Waals surface area contributed by atoms with Crippen molar-refractivity contribution in [2.75, 3.05) is 13.2 Å². The molecule has 1 unspecified atom stereocenters. The second-order valence-electron chi connectivity index (χ2n) is 5.62. The molecule has 0 amide bonds. The highest BCUT2D eigenvalue weighted by atomic mass is 32.2. The van der Waals surface area contributed by atoms with E-state index >= 15 is 0 Å². The van der Waals surface area contributed by atoms with Crippen molar-refractivity contribution >= 4 is 10.0 Å². The van der Waals surface area contributed by atoms with Gasteiger partial charge in [0, 0.05) is 19.3 Å². The van der Waals surface area contributed by atoms with Gasteiger partial charge in [-0.1, -0.05) is 12.1 Å². The Hall–Kier alpha value is -0.950. The van der Waals surface area contributed by atoms with Gasteiger partial charge in [0.15, 0.2) is 0 Å². The van der Waals surface area contributed by atoms with Crippen LogP contribution in [0.2, 0.25) is 0 Å². The van der Waals surface area contributed by atoms with Crippen LogP contribution in [0.5, 0.6) is 0 Å². The smallest absolute Gasteiger partial charge is 0.241 e. The van der Waals surface area contributed by atoms with E-state index in [4.69, 9.17) is 4.74 Å². The summed E-state index contributed by atoms with van der Waals surface area (Å²) in [6.07, 6.45) is 1.75. The van der Waals surface area contributed by atoms with Crippen LogP contribution < -0.4 is 4.72 Å². The Morgan fingerprint density at radius 3 is 2.67 bits per heavy atom. The lowest BCUT2D eigenvalue weighted by Crippen LogP contribution is -2.40. The third-order valence-corrected chi connectivity index (χ3v) is 5.74. The number of hydrogen-bond acceptors (Lipinski definition) is 4. The summed E-state index contributed by atoms with van der Waals surface area (Å²) in [5, 5.41) is 9.18. The van der Waals surface area contributed by atoms with Crippen molar-refractivity contribution < 1.29 is 18.3 Å². The third-order valence-electron chi connectivity index (χ3n) is 4.04. The minimum atomic E-state index is -3.57. The normalized spacial score (nSPS) is 18.6. The summed E-state index contributed by atoms with van der Waals surface area (Å²) in [5.41, 5.74) is 1.28. The molecule has 2 N–H and O–H groups in total. The highest BCUT2D eigenvalue weighted by molar-refractivity contribution is 7.89. The fourth-order valence-electron chi connectivity index (χ4n) is 2.65. The number of ether oxygens (including phenoxy) is 1. The van der Waals surface area contributed by atoms with Gasteiger partial charge >= 0.3 is 0 Å². The SMILES string of the molecule is Cc1ccc(CO)cc1S(=O)(=O)NC(C)C1CCOCC1. The van der Waals surface area contributed by atoms with E-state index in [9.17, 15) is 13.5 Å². The van der Waals surface area contributed by atoms with Crippen LogP contribution in [0.25, 0.3) is 0 Å². The van der Waals surface area contributed by atoms with Crippen molar-refractivity contribution in [3.05, 3.63) is 29.3 Å². The van der Waals surface area contributed by atoms with E-state index < -0.39 is 10.0 Å². The van der Waals surface area contributed by atoms with Crippen LogP contribution in [0.15, 0.2) is 23.1 Å². The van der Waals surface area contributed by atoms with Crippen LogP contribution in [0.1, 0.15) is 30.9 Å². The van der Waals surface area contributed by atoms with Crippen LogP contribution >= 0.6 is 0 Å². The molecule has 1 heterocycles. The van der Waals surface area contributed by atoms with Gasteiger partial charge in [-0.15, -0.1) is 0 Å². The van der Waals surface area contributed by atoms with Crippen LogP contribution in [-0.2, 0) is 21.4 Å². The van der Waals surface area contributed by atoms with E-state index in [0.717, 1.165) is 12.8 Å². The number of benzene rings is 1. The van der Waals surface area contributed by atoms with E-state index in [2.05, 4.69) is 4.72 Å². The van der Waals surface area contributed by atoms with Gasteiger partial charge in [-0.2, -0.15) is 0 Å². The zero-order valence-corrected chi connectivity index (χ0v) is 13.3. The summed E-state index contributed by atoms with van der Waals surface area (Å²) in [7, 11) is -3.57. The first-order valence-corrected chi connectivity index (χ1v) is 8.73. The monoisotopic (exact) mass is 313 g/mol. The zero-order chi connectivity index (χ0) is 15.5. The molecule has 118 valence electrons. The number of hydrogen-bond donors (Lipinski definition) is 2. The predicted octanol–water partition coefficient (Wildman–Crippen LogP) is 1.58. The molecule has 1 atom stereocenters. The van der Waals surface area contributed by atoms with Crippen molar-refractivity contribution in [2.24, 2.45) is 5.92 Å². The van der Waals surface area contributed by atoms with Gasteiger partial charge in [0.25, 0.3) is 0 Å². The van der Waals surface area contributed by atoms with Gasteiger partial charge in [0.2, 0.25) is 10.0 Å². The van der Waals surface area contributed by atoms with Crippen molar-refractivity contribution in [1.29, 1.82) is 0 Å². The second-order valence-corrected chi connectivity index (χ2v) is 7.30. The van der Waals surface area contributed by atoms with E-state index in [1.807, 2.05) is 6.92 Å². The fourth-order valence-corrected chi connectivity index (χ4v) is 4.26. The first-order chi connectivity index (χ1) is 9.94. The molecule has 1 aromatic carbocycles. The molecule has 0 saturated carbocycles. The standard InChI is InChI=1S/C15H23NO4S/c1-11-3-4-13(10-17)9-15(11)21(18,19)16-12(2)14-5-7-20-8-6-14/h3-4,9,12,14,16-17H,5-8,10H2,1-2H3. The first kappa shape index (κ1) is 16.4. The maximum Gasteiger partial charge on any atom is 0.241 e. The Labute approximate surface area is 126 Å². The highest BCUT2D eigenvalue weighted by Gasteiger charge is 2.26. The van der Waals surface area contributed by atoms with Gasteiger partial charge < -0.3 is 9.84 Å². The summed E-state index contributed by atoms with van der Waals surface area (Å²) >= 11 is 0. The molecule has 5 nitrogen and oxygen atoms in total. The van der Waals surface area contributed by atoms with Crippen LogP contribution in [0, 0.1) is 12.8 Å². The van der Waals surface area contributed by atoms with Crippen LogP contribution in [0.3, 0.4) is 0 Å². The molecule has 1 aliphatic heterocycles. The third kappa shape index (κ3) is 4.03. The molecule has 21 heavy (non-hydrogen) atoms. The van der Waals surface area contributed by atoms with Crippen LogP contribution in [-0.4, -0.2) is 32.8 Å². The minimum absolute atomic E-state index is 0.129. The lowest BCUT2D eigenvalue weighted by molar-refractivity contribution is 0.0585. The van der Waals surface area contributed by atoms with E-state index in [0.29, 0.717) is 30.3 Å². The van der Waals surface area contributed by atoms with Gasteiger partial charge in [-0.05, 0) is 49.8 Å². The Kier molecular flexibility index (Phi) is 5.37. The predicted molar refractivity (Wildman–Crippen MR) is 80.4 cm³/mol. The molecule has 0 bridgehead atoms. The summed E-state index contributed by atoms with van der Waals surface area (Å²) in [4.78, 5) is 0.243. The molecule has 2 rings (SSSR count). The summed E-state index contributed by atoms with van der Waals surface area (Å²) in [6, 6.07) is 4.86. The summed E-state index contributed by atoms with van der Waals surface area (Å²) in [6.45, 7) is 4.87. The highest BCUT2D eigenvalue weighted by Crippen LogP contribution is 2.22. The molecular formula is C15H23NO4S. The maximum atomic E-state index is 12.6. The van der Waals surface area contributed by atoms with Gasteiger partial charge in [0.05, 0.1) is 11.5 Å². The zero-order valence-electron chi connectivity index (χ0n) is 12.5. The average Bonchev–Trinajstić information content (AvgIpc) is 2.48. The van der Waals surface area contributed by atoms with Gasteiger partial charge in [-0.3, -0.25) is 0 Å². The molecule has 1 fully saturated rings. The van der Waals surface area contributed by atoms with Gasteiger partial charge in [0.1, 0.15) is 0 Å². The topological polar surface area (TPSA) is 75.6 Å². The molecule has 1 saturated heterocycles. The molecule has 1 aromatic rings.